The van der Waals surface area contributed by atoms with Crippen molar-refractivity contribution in [1.82, 2.24) is 0 Å². The Bertz CT molecular complexity index is 1210. The normalized spacial score (nSPS) is 20.9. The molecule has 4 nitrogen and oxygen atoms in total. The number of hydrogen-bond donors (Lipinski definition) is 2. The number of allylic oxidation sites excluding steroid dienone is 4. The van der Waals surface area contributed by atoms with Crippen LogP contribution in [0.25, 0.3) is 16.3 Å². The first-order valence-electron chi connectivity index (χ1n) is 8.83. The van der Waals surface area contributed by atoms with Gasteiger partial charge in [-0.3, -0.25) is 4.57 Å². The standard InChI is InChI=1S/C22H17O4P/c23-18-13-21(22(24)17-10-2-1-7-14(17)18)27(25)20-12-6-4-9-16(20)15-8-3-5-11-19(15)26-27/h1-3,5-8,10-13,23-24H,4,9H2. The van der Waals surface area contributed by atoms with Gasteiger partial charge in [-0.05, 0) is 30.5 Å². The largest absolute Gasteiger partial charge is 0.507 e. The van der Waals surface area contributed by atoms with Crippen molar-refractivity contribution in [3.05, 3.63) is 77.6 Å². The van der Waals surface area contributed by atoms with Gasteiger partial charge in [-0.25, -0.2) is 0 Å². The summed E-state index contributed by atoms with van der Waals surface area (Å²) in [5.74, 6) is 0.400. The zero-order valence-electron chi connectivity index (χ0n) is 14.4. The summed E-state index contributed by atoms with van der Waals surface area (Å²) in [5, 5.41) is 23.1. The molecule has 0 amide bonds. The molecule has 0 bridgehead atoms. The van der Waals surface area contributed by atoms with Gasteiger partial charge in [0.25, 0.3) is 0 Å². The number of benzene rings is 3. The Labute approximate surface area is 156 Å². The molecular formula is C22H17O4P. The summed E-state index contributed by atoms with van der Waals surface area (Å²) in [4.78, 5) is 0. The minimum atomic E-state index is -3.62. The molecule has 1 aliphatic heterocycles. The van der Waals surface area contributed by atoms with Gasteiger partial charge in [-0.2, -0.15) is 0 Å². The monoisotopic (exact) mass is 376 g/mol. The van der Waals surface area contributed by atoms with Crippen LogP contribution < -0.4 is 9.83 Å². The molecule has 134 valence electrons. The lowest BCUT2D eigenvalue weighted by Gasteiger charge is -2.32. The quantitative estimate of drug-likeness (QED) is 0.446. The van der Waals surface area contributed by atoms with E-state index in [1.807, 2.05) is 30.4 Å². The topological polar surface area (TPSA) is 66.8 Å². The Morgan fingerprint density at radius 3 is 2.56 bits per heavy atom. The SMILES string of the molecule is O=P1(c2cc(O)c3ccccc3c2O)Oc2ccccc2C2=C1C=CCC2. The van der Waals surface area contributed by atoms with Gasteiger partial charge in [0.15, 0.2) is 0 Å². The molecule has 1 aliphatic carbocycles. The lowest BCUT2D eigenvalue weighted by molar-refractivity contribution is 0.466. The molecule has 2 aliphatic rings. The highest BCUT2D eigenvalue weighted by Crippen LogP contribution is 2.64. The van der Waals surface area contributed by atoms with Gasteiger partial charge < -0.3 is 14.7 Å². The highest BCUT2D eigenvalue weighted by atomic mass is 31.2. The Morgan fingerprint density at radius 1 is 0.963 bits per heavy atom. The van der Waals surface area contributed by atoms with Crippen molar-refractivity contribution in [2.45, 2.75) is 12.8 Å². The lowest BCUT2D eigenvalue weighted by atomic mass is 9.96. The van der Waals surface area contributed by atoms with Crippen molar-refractivity contribution in [2.24, 2.45) is 0 Å². The van der Waals surface area contributed by atoms with Gasteiger partial charge in [-0.1, -0.05) is 54.6 Å². The summed E-state index contributed by atoms with van der Waals surface area (Å²) in [6.07, 6.45) is 5.43. The first-order valence-corrected chi connectivity index (χ1v) is 10.5. The molecule has 1 heterocycles. The third-order valence-electron chi connectivity index (χ3n) is 5.19. The molecule has 0 saturated heterocycles. The Morgan fingerprint density at radius 2 is 1.70 bits per heavy atom. The summed E-state index contributed by atoms with van der Waals surface area (Å²) in [6.45, 7) is 0. The van der Waals surface area contributed by atoms with Gasteiger partial charge in [0.05, 0.1) is 10.6 Å². The summed E-state index contributed by atoms with van der Waals surface area (Å²) in [6, 6.07) is 15.9. The van der Waals surface area contributed by atoms with Gasteiger partial charge in [-0.15, -0.1) is 0 Å². The lowest BCUT2D eigenvalue weighted by Crippen LogP contribution is -2.17. The van der Waals surface area contributed by atoms with Crippen molar-refractivity contribution in [3.8, 4) is 17.2 Å². The first kappa shape index (κ1) is 16.2. The van der Waals surface area contributed by atoms with E-state index in [-0.39, 0.29) is 16.8 Å². The van der Waals surface area contributed by atoms with Crippen LogP contribution in [0.2, 0.25) is 0 Å². The summed E-state index contributed by atoms with van der Waals surface area (Å²) >= 11 is 0. The van der Waals surface area contributed by atoms with E-state index in [9.17, 15) is 14.8 Å². The number of phenolic OH excluding ortho intramolecular Hbond substituents is 2. The zero-order chi connectivity index (χ0) is 18.6. The van der Waals surface area contributed by atoms with Gasteiger partial charge in [0.1, 0.15) is 17.2 Å². The molecule has 1 unspecified atom stereocenters. The van der Waals surface area contributed by atoms with Crippen LogP contribution in [0.15, 0.2) is 72.1 Å². The van der Waals surface area contributed by atoms with E-state index in [0.29, 0.717) is 21.8 Å². The van der Waals surface area contributed by atoms with Crippen molar-refractivity contribution in [1.29, 1.82) is 0 Å². The second-order valence-corrected chi connectivity index (χ2v) is 9.00. The van der Waals surface area contributed by atoms with Gasteiger partial charge in [0.2, 0.25) is 0 Å². The molecule has 0 fully saturated rings. The zero-order valence-corrected chi connectivity index (χ0v) is 15.3. The highest BCUT2D eigenvalue weighted by Gasteiger charge is 2.41. The van der Waals surface area contributed by atoms with Crippen LogP contribution >= 0.6 is 7.37 Å². The maximum absolute atomic E-state index is 14.2. The van der Waals surface area contributed by atoms with Crippen LogP contribution in [0.5, 0.6) is 17.2 Å². The molecule has 5 heteroatoms. The highest BCUT2D eigenvalue weighted by molar-refractivity contribution is 7.72. The van der Waals surface area contributed by atoms with Crippen molar-refractivity contribution in [3.63, 3.8) is 0 Å². The number of fused-ring (bicyclic) bond motifs is 3. The van der Waals surface area contributed by atoms with Crippen molar-refractivity contribution < 1.29 is 19.3 Å². The molecule has 5 rings (SSSR count). The van der Waals surface area contributed by atoms with Crippen LogP contribution in [-0.4, -0.2) is 10.2 Å². The van der Waals surface area contributed by atoms with Crippen LogP contribution in [0.1, 0.15) is 18.4 Å². The second-order valence-electron chi connectivity index (χ2n) is 6.75. The molecule has 3 aromatic carbocycles. The van der Waals surface area contributed by atoms with Crippen molar-refractivity contribution in [2.75, 3.05) is 0 Å². The minimum absolute atomic E-state index is 0.0296. The molecule has 2 N–H and O–H groups in total. The average Bonchev–Trinajstić information content (AvgIpc) is 2.71. The van der Waals surface area contributed by atoms with Crippen molar-refractivity contribution >= 4 is 29.0 Å². The fourth-order valence-corrected chi connectivity index (χ4v) is 6.39. The summed E-state index contributed by atoms with van der Waals surface area (Å²) < 4.78 is 20.2. The average molecular weight is 376 g/mol. The molecule has 0 saturated carbocycles. The molecule has 27 heavy (non-hydrogen) atoms. The van der Waals surface area contributed by atoms with Gasteiger partial charge >= 0.3 is 7.37 Å². The summed E-state index contributed by atoms with van der Waals surface area (Å²) in [7, 11) is -3.62. The molecular weight excluding hydrogens is 359 g/mol. The number of rotatable bonds is 1. The maximum Gasteiger partial charge on any atom is 0.310 e. The fraction of sp³-hybridized carbons (Fsp3) is 0.0909. The van der Waals surface area contributed by atoms with Crippen LogP contribution in [0, 0.1) is 0 Å². The van der Waals surface area contributed by atoms with Crippen LogP contribution in [-0.2, 0) is 4.57 Å². The number of hydrogen-bond acceptors (Lipinski definition) is 4. The molecule has 0 aromatic heterocycles. The van der Waals surface area contributed by atoms with E-state index < -0.39 is 7.37 Å². The van der Waals surface area contributed by atoms with Crippen LogP contribution in [0.4, 0.5) is 0 Å². The maximum atomic E-state index is 14.2. The van der Waals surface area contributed by atoms with E-state index in [1.54, 1.807) is 30.3 Å². The number of para-hydroxylation sites is 1. The molecule has 1 atom stereocenters. The second kappa shape index (κ2) is 5.77. The predicted octanol–water partition coefficient (Wildman–Crippen LogP) is 5.31. The molecule has 0 radical (unpaired) electrons. The number of phenols is 2. The summed E-state index contributed by atoms with van der Waals surface area (Å²) in [5.41, 5.74) is 1.92. The van der Waals surface area contributed by atoms with E-state index in [1.165, 1.54) is 6.07 Å². The third-order valence-corrected chi connectivity index (χ3v) is 7.68. The number of aromatic hydroxyl groups is 2. The van der Waals surface area contributed by atoms with E-state index in [0.717, 1.165) is 24.0 Å². The fourth-order valence-electron chi connectivity index (χ4n) is 3.91. The smallest absolute Gasteiger partial charge is 0.310 e. The Kier molecular flexibility index (Phi) is 3.46. The van der Waals surface area contributed by atoms with E-state index in [2.05, 4.69) is 0 Å². The minimum Gasteiger partial charge on any atom is -0.507 e. The predicted molar refractivity (Wildman–Crippen MR) is 107 cm³/mol. The van der Waals surface area contributed by atoms with Crippen LogP contribution in [0.3, 0.4) is 0 Å². The molecule has 0 spiro atoms. The molecule has 3 aromatic rings. The third kappa shape index (κ3) is 2.27. The van der Waals surface area contributed by atoms with E-state index in [4.69, 9.17) is 4.52 Å². The van der Waals surface area contributed by atoms with E-state index >= 15 is 0 Å². The van der Waals surface area contributed by atoms with Gasteiger partial charge in [0, 0.05) is 16.3 Å². The Balaban J connectivity index is 1.83. The Hall–Kier alpha value is -2.97. The first-order chi connectivity index (χ1) is 13.1.